The van der Waals surface area contributed by atoms with Crippen molar-refractivity contribution in [2.75, 3.05) is 45.9 Å². The third-order valence-corrected chi connectivity index (χ3v) is 5.56. The molecule has 1 aromatic carbocycles. The number of amides is 1. The highest BCUT2D eigenvalue weighted by molar-refractivity contribution is 5.89. The van der Waals surface area contributed by atoms with Gasteiger partial charge in [0.15, 0.2) is 0 Å². The first-order valence-electron chi connectivity index (χ1n) is 9.52. The summed E-state index contributed by atoms with van der Waals surface area (Å²) in [5.74, 6) is 0.448. The second-order valence-corrected chi connectivity index (χ2v) is 7.44. The molecular weight excluding hydrogens is 333 g/mol. The maximum absolute atomic E-state index is 13.3. The van der Waals surface area contributed by atoms with Crippen molar-refractivity contribution in [1.29, 1.82) is 0 Å². The third-order valence-electron chi connectivity index (χ3n) is 5.56. The Labute approximate surface area is 153 Å². The number of carbonyl (C=O) groups is 1. The van der Waals surface area contributed by atoms with Crippen LogP contribution >= 0.6 is 0 Å². The van der Waals surface area contributed by atoms with Gasteiger partial charge in [-0.05, 0) is 42.5 Å². The number of aromatic amines is 1. The van der Waals surface area contributed by atoms with Gasteiger partial charge in [-0.25, -0.2) is 4.39 Å². The van der Waals surface area contributed by atoms with Crippen LogP contribution in [0, 0.1) is 11.7 Å². The SMILES string of the molecule is O=C(Cc1c[nH]c2cc(F)ccc12)N1CCCC(CN2CCOCC2)C1. The van der Waals surface area contributed by atoms with E-state index in [1.165, 1.54) is 18.6 Å². The minimum Gasteiger partial charge on any atom is -0.379 e. The van der Waals surface area contributed by atoms with Gasteiger partial charge in [-0.3, -0.25) is 9.69 Å². The Morgan fingerprint density at radius 3 is 2.96 bits per heavy atom. The minimum atomic E-state index is -0.265. The summed E-state index contributed by atoms with van der Waals surface area (Å²) >= 11 is 0. The number of carbonyl (C=O) groups excluding carboxylic acids is 1. The maximum Gasteiger partial charge on any atom is 0.227 e. The van der Waals surface area contributed by atoms with Gasteiger partial charge in [0, 0.05) is 49.8 Å². The van der Waals surface area contributed by atoms with Crippen molar-refractivity contribution in [3.8, 4) is 0 Å². The van der Waals surface area contributed by atoms with Crippen LogP contribution in [0.3, 0.4) is 0 Å². The Balaban J connectivity index is 1.37. The normalized spacial score (nSPS) is 22.0. The van der Waals surface area contributed by atoms with E-state index < -0.39 is 0 Å². The summed E-state index contributed by atoms with van der Waals surface area (Å²) in [5, 5.41) is 0.932. The molecule has 0 spiro atoms. The van der Waals surface area contributed by atoms with Gasteiger partial charge < -0.3 is 14.6 Å². The molecule has 1 atom stereocenters. The first-order chi connectivity index (χ1) is 12.7. The molecule has 6 heteroatoms. The van der Waals surface area contributed by atoms with E-state index in [4.69, 9.17) is 4.74 Å². The number of H-pyrrole nitrogens is 1. The molecule has 0 saturated carbocycles. The number of hydrogen-bond donors (Lipinski definition) is 1. The van der Waals surface area contributed by atoms with Crippen LogP contribution in [-0.2, 0) is 16.0 Å². The van der Waals surface area contributed by atoms with Crippen LogP contribution in [0.15, 0.2) is 24.4 Å². The van der Waals surface area contributed by atoms with Crippen molar-refractivity contribution in [2.45, 2.75) is 19.3 Å². The summed E-state index contributed by atoms with van der Waals surface area (Å²) < 4.78 is 18.7. The van der Waals surface area contributed by atoms with Crippen LogP contribution in [-0.4, -0.2) is 66.6 Å². The molecule has 140 valence electrons. The van der Waals surface area contributed by atoms with E-state index in [1.807, 2.05) is 11.1 Å². The standard InChI is InChI=1S/C20H26FN3O2/c21-17-3-4-18-16(12-22-19(18)11-17)10-20(25)24-5-1-2-15(14-24)13-23-6-8-26-9-7-23/h3-4,11-12,15,22H,1-2,5-10,13-14H2. The largest absolute Gasteiger partial charge is 0.379 e. The molecule has 0 aliphatic carbocycles. The highest BCUT2D eigenvalue weighted by atomic mass is 19.1. The van der Waals surface area contributed by atoms with Crippen molar-refractivity contribution in [3.05, 3.63) is 35.8 Å². The quantitative estimate of drug-likeness (QED) is 0.912. The zero-order valence-electron chi connectivity index (χ0n) is 15.0. The predicted molar refractivity (Wildman–Crippen MR) is 98.5 cm³/mol. The Morgan fingerprint density at radius 2 is 2.12 bits per heavy atom. The molecule has 1 unspecified atom stereocenters. The Hall–Kier alpha value is -1.92. The van der Waals surface area contributed by atoms with Crippen LogP contribution in [0.5, 0.6) is 0 Å². The van der Waals surface area contributed by atoms with Gasteiger partial charge in [0.1, 0.15) is 5.82 Å². The van der Waals surface area contributed by atoms with Gasteiger partial charge in [-0.1, -0.05) is 0 Å². The van der Waals surface area contributed by atoms with E-state index in [2.05, 4.69) is 9.88 Å². The lowest BCUT2D eigenvalue weighted by Gasteiger charge is -2.36. The number of hydrogen-bond acceptors (Lipinski definition) is 3. The second kappa shape index (κ2) is 7.76. The van der Waals surface area contributed by atoms with E-state index in [0.717, 1.165) is 68.8 Å². The highest BCUT2D eigenvalue weighted by Gasteiger charge is 2.26. The minimum absolute atomic E-state index is 0.168. The van der Waals surface area contributed by atoms with E-state index in [9.17, 15) is 9.18 Å². The molecule has 3 heterocycles. The van der Waals surface area contributed by atoms with Crippen LogP contribution in [0.1, 0.15) is 18.4 Å². The van der Waals surface area contributed by atoms with Gasteiger partial charge >= 0.3 is 0 Å². The second-order valence-electron chi connectivity index (χ2n) is 7.44. The number of fused-ring (bicyclic) bond motifs is 1. The number of morpholine rings is 1. The molecule has 1 aromatic heterocycles. The Morgan fingerprint density at radius 1 is 1.27 bits per heavy atom. The van der Waals surface area contributed by atoms with Crippen LogP contribution in [0.25, 0.3) is 10.9 Å². The van der Waals surface area contributed by atoms with Crippen molar-refractivity contribution >= 4 is 16.8 Å². The molecule has 1 amide bonds. The highest BCUT2D eigenvalue weighted by Crippen LogP contribution is 2.23. The number of rotatable bonds is 4. The van der Waals surface area contributed by atoms with Gasteiger partial charge in [-0.15, -0.1) is 0 Å². The number of ether oxygens (including phenoxy) is 1. The molecule has 2 aliphatic heterocycles. The lowest BCUT2D eigenvalue weighted by Crippen LogP contribution is -2.46. The number of piperidine rings is 1. The smallest absolute Gasteiger partial charge is 0.227 e. The van der Waals surface area contributed by atoms with E-state index >= 15 is 0 Å². The first-order valence-corrected chi connectivity index (χ1v) is 9.52. The summed E-state index contributed by atoms with van der Waals surface area (Å²) in [6, 6.07) is 4.67. The van der Waals surface area contributed by atoms with Crippen LogP contribution in [0.2, 0.25) is 0 Å². The third kappa shape index (κ3) is 3.91. The number of aromatic nitrogens is 1. The molecule has 2 aromatic rings. The van der Waals surface area contributed by atoms with E-state index in [1.54, 1.807) is 6.07 Å². The fraction of sp³-hybridized carbons (Fsp3) is 0.550. The van der Waals surface area contributed by atoms with E-state index in [0.29, 0.717) is 12.3 Å². The topological polar surface area (TPSA) is 48.6 Å². The Bertz CT molecular complexity index is 770. The average molecular weight is 359 g/mol. The summed E-state index contributed by atoms with van der Waals surface area (Å²) in [5.41, 5.74) is 1.69. The van der Waals surface area contributed by atoms with Crippen LogP contribution < -0.4 is 0 Å². The number of likely N-dealkylation sites (tertiary alicyclic amines) is 1. The number of benzene rings is 1. The number of nitrogens with one attached hydrogen (secondary N) is 1. The number of halogens is 1. The van der Waals surface area contributed by atoms with Crippen molar-refractivity contribution in [2.24, 2.45) is 5.92 Å². The molecule has 1 N–H and O–H groups in total. The Kier molecular flexibility index (Phi) is 5.22. The van der Waals surface area contributed by atoms with E-state index in [-0.39, 0.29) is 11.7 Å². The molecular formula is C20H26FN3O2. The fourth-order valence-electron chi connectivity index (χ4n) is 4.17. The molecule has 0 radical (unpaired) electrons. The lowest BCUT2D eigenvalue weighted by molar-refractivity contribution is -0.132. The van der Waals surface area contributed by atoms with Crippen molar-refractivity contribution in [1.82, 2.24) is 14.8 Å². The van der Waals surface area contributed by atoms with Crippen molar-refractivity contribution < 1.29 is 13.9 Å². The zero-order chi connectivity index (χ0) is 17.9. The van der Waals surface area contributed by atoms with Gasteiger partial charge in [0.05, 0.1) is 19.6 Å². The molecule has 26 heavy (non-hydrogen) atoms. The molecule has 2 saturated heterocycles. The molecule has 0 bridgehead atoms. The number of nitrogens with zero attached hydrogens (tertiary/aromatic N) is 2. The van der Waals surface area contributed by atoms with Gasteiger partial charge in [0.2, 0.25) is 5.91 Å². The first kappa shape index (κ1) is 17.5. The van der Waals surface area contributed by atoms with Crippen molar-refractivity contribution in [3.63, 3.8) is 0 Å². The summed E-state index contributed by atoms with van der Waals surface area (Å²) in [6.07, 6.45) is 4.46. The molecule has 4 rings (SSSR count). The lowest BCUT2D eigenvalue weighted by atomic mass is 9.96. The maximum atomic E-state index is 13.3. The fourth-order valence-corrected chi connectivity index (χ4v) is 4.17. The average Bonchev–Trinajstić information content (AvgIpc) is 3.04. The molecule has 5 nitrogen and oxygen atoms in total. The zero-order valence-corrected chi connectivity index (χ0v) is 15.0. The van der Waals surface area contributed by atoms with Gasteiger partial charge in [-0.2, -0.15) is 0 Å². The predicted octanol–water partition coefficient (Wildman–Crippen LogP) is 2.42. The summed E-state index contributed by atoms with van der Waals surface area (Å²) in [7, 11) is 0. The summed E-state index contributed by atoms with van der Waals surface area (Å²) in [4.78, 5) is 20.4. The molecule has 2 fully saturated rings. The van der Waals surface area contributed by atoms with Crippen LogP contribution in [0.4, 0.5) is 4.39 Å². The van der Waals surface area contributed by atoms with Gasteiger partial charge in [0.25, 0.3) is 0 Å². The molecule has 2 aliphatic rings. The monoisotopic (exact) mass is 359 g/mol. The summed E-state index contributed by atoms with van der Waals surface area (Å²) in [6.45, 7) is 6.36.